The highest BCUT2D eigenvalue weighted by Gasteiger charge is 2.22. The number of rotatable bonds is 6. The first kappa shape index (κ1) is 21.0. The molecule has 0 spiro atoms. The molecule has 3 heterocycles. The zero-order valence-electron chi connectivity index (χ0n) is 18.6. The molecular formula is C24H28F2N6. The maximum absolute atomic E-state index is 14.2. The molecule has 0 bridgehead atoms. The molecule has 0 saturated carbocycles. The zero-order valence-corrected chi connectivity index (χ0v) is 18.6. The summed E-state index contributed by atoms with van der Waals surface area (Å²) in [5, 5.41) is 0. The summed E-state index contributed by atoms with van der Waals surface area (Å²) in [5.74, 6) is 1.28. The fourth-order valence-electron chi connectivity index (χ4n) is 4.77. The van der Waals surface area contributed by atoms with E-state index in [4.69, 9.17) is 0 Å². The number of fused-ring (bicyclic) bond motifs is 2. The summed E-state index contributed by atoms with van der Waals surface area (Å²) >= 11 is 0. The second-order valence-electron chi connectivity index (χ2n) is 8.31. The van der Waals surface area contributed by atoms with Gasteiger partial charge in [0, 0.05) is 39.3 Å². The van der Waals surface area contributed by atoms with E-state index in [9.17, 15) is 8.78 Å². The quantitative estimate of drug-likeness (QED) is 0.456. The van der Waals surface area contributed by atoms with E-state index in [-0.39, 0.29) is 11.6 Å². The van der Waals surface area contributed by atoms with Crippen LogP contribution < -0.4 is 0 Å². The van der Waals surface area contributed by atoms with Gasteiger partial charge >= 0.3 is 0 Å². The van der Waals surface area contributed by atoms with Crippen LogP contribution in [0, 0.1) is 11.6 Å². The standard InChI is InChI=1S/C24H28F2N6/c1-3-31-19-9-5-7-17(25)23(19)27-21(31)15-29-11-13-30(14-12-29)16-22-28-24-18(26)8-6-10-20(24)32(22)4-2/h5-10H,3-4,11-16H2,1-2H3. The molecule has 0 radical (unpaired) electrons. The number of hydrogen-bond acceptors (Lipinski definition) is 4. The van der Waals surface area contributed by atoms with E-state index in [0.29, 0.717) is 24.1 Å². The summed E-state index contributed by atoms with van der Waals surface area (Å²) in [6.45, 7) is 10.7. The first-order valence-corrected chi connectivity index (χ1v) is 11.3. The number of para-hydroxylation sites is 2. The minimum absolute atomic E-state index is 0.268. The fourth-order valence-corrected chi connectivity index (χ4v) is 4.77. The molecule has 1 aliphatic heterocycles. The van der Waals surface area contributed by atoms with Gasteiger partial charge in [-0.05, 0) is 38.1 Å². The molecule has 0 atom stereocenters. The Bertz CT molecular complexity index is 1150. The van der Waals surface area contributed by atoms with Crippen LogP contribution in [0.15, 0.2) is 36.4 Å². The van der Waals surface area contributed by atoms with Crippen LogP contribution >= 0.6 is 0 Å². The molecule has 0 N–H and O–H groups in total. The van der Waals surface area contributed by atoms with Gasteiger partial charge in [0.1, 0.15) is 22.7 Å². The Kier molecular flexibility index (Phi) is 5.65. The average molecular weight is 439 g/mol. The Labute approximate surface area is 186 Å². The number of halogens is 2. The number of aryl methyl sites for hydroxylation is 2. The molecule has 4 aromatic rings. The van der Waals surface area contributed by atoms with E-state index in [2.05, 4.69) is 42.7 Å². The largest absolute Gasteiger partial charge is 0.327 e. The molecule has 1 aliphatic rings. The first-order chi connectivity index (χ1) is 15.6. The maximum atomic E-state index is 14.2. The molecule has 32 heavy (non-hydrogen) atoms. The van der Waals surface area contributed by atoms with E-state index in [0.717, 1.165) is 62.0 Å². The molecule has 168 valence electrons. The summed E-state index contributed by atoms with van der Waals surface area (Å²) < 4.78 is 32.6. The van der Waals surface area contributed by atoms with Crippen LogP contribution in [-0.2, 0) is 26.2 Å². The molecular weight excluding hydrogens is 410 g/mol. The van der Waals surface area contributed by atoms with E-state index >= 15 is 0 Å². The number of piperazine rings is 1. The number of nitrogens with zero attached hydrogens (tertiary/aromatic N) is 6. The van der Waals surface area contributed by atoms with Crippen LogP contribution in [0.3, 0.4) is 0 Å². The number of benzene rings is 2. The monoisotopic (exact) mass is 438 g/mol. The van der Waals surface area contributed by atoms with Gasteiger partial charge < -0.3 is 9.13 Å². The minimum atomic E-state index is -0.268. The van der Waals surface area contributed by atoms with Gasteiger partial charge in [-0.3, -0.25) is 9.80 Å². The molecule has 1 saturated heterocycles. The van der Waals surface area contributed by atoms with Gasteiger partial charge in [-0.2, -0.15) is 0 Å². The molecule has 0 amide bonds. The summed E-state index contributed by atoms with van der Waals surface area (Å²) in [5.41, 5.74) is 2.61. The molecule has 8 heteroatoms. The SMILES string of the molecule is CCn1c(CN2CCN(Cc3nc4c(F)cccc4n3CC)CC2)nc2c(F)cccc21. The molecule has 2 aromatic carbocycles. The summed E-state index contributed by atoms with van der Waals surface area (Å²) in [4.78, 5) is 13.9. The third kappa shape index (κ3) is 3.67. The Hall–Kier alpha value is -2.84. The van der Waals surface area contributed by atoms with Gasteiger partial charge in [-0.15, -0.1) is 0 Å². The van der Waals surface area contributed by atoms with Crippen molar-refractivity contribution in [1.82, 2.24) is 28.9 Å². The smallest absolute Gasteiger partial charge is 0.151 e. The van der Waals surface area contributed by atoms with Crippen LogP contribution in [0.4, 0.5) is 8.78 Å². The topological polar surface area (TPSA) is 42.1 Å². The number of aromatic nitrogens is 4. The average Bonchev–Trinajstić information content (AvgIpc) is 3.34. The van der Waals surface area contributed by atoms with E-state index in [1.807, 2.05) is 12.1 Å². The van der Waals surface area contributed by atoms with Crippen molar-refractivity contribution in [3.8, 4) is 0 Å². The molecule has 0 unspecified atom stereocenters. The lowest BCUT2D eigenvalue weighted by Crippen LogP contribution is -2.46. The predicted molar refractivity (Wildman–Crippen MR) is 121 cm³/mol. The van der Waals surface area contributed by atoms with Crippen molar-refractivity contribution < 1.29 is 8.78 Å². The highest BCUT2D eigenvalue weighted by Crippen LogP contribution is 2.22. The van der Waals surface area contributed by atoms with Crippen LogP contribution in [-0.4, -0.2) is 55.1 Å². The summed E-state index contributed by atoms with van der Waals surface area (Å²) in [6.07, 6.45) is 0. The summed E-state index contributed by atoms with van der Waals surface area (Å²) in [6, 6.07) is 10.3. The van der Waals surface area contributed by atoms with Crippen LogP contribution in [0.1, 0.15) is 25.5 Å². The highest BCUT2D eigenvalue weighted by atomic mass is 19.1. The van der Waals surface area contributed by atoms with Gasteiger partial charge in [0.2, 0.25) is 0 Å². The lowest BCUT2D eigenvalue weighted by Gasteiger charge is -2.34. The van der Waals surface area contributed by atoms with E-state index in [1.165, 1.54) is 12.1 Å². The van der Waals surface area contributed by atoms with Gasteiger partial charge in [-0.1, -0.05) is 12.1 Å². The fraction of sp³-hybridized carbons (Fsp3) is 0.417. The first-order valence-electron chi connectivity index (χ1n) is 11.3. The highest BCUT2D eigenvalue weighted by molar-refractivity contribution is 5.77. The van der Waals surface area contributed by atoms with Crippen LogP contribution in [0.5, 0.6) is 0 Å². The maximum Gasteiger partial charge on any atom is 0.151 e. The van der Waals surface area contributed by atoms with Gasteiger partial charge in [0.25, 0.3) is 0 Å². The number of hydrogen-bond donors (Lipinski definition) is 0. The third-order valence-electron chi connectivity index (χ3n) is 6.44. The Morgan fingerprint density at radius 3 is 1.47 bits per heavy atom. The number of imidazole rings is 2. The molecule has 1 fully saturated rings. The lowest BCUT2D eigenvalue weighted by atomic mass is 10.3. The minimum Gasteiger partial charge on any atom is -0.327 e. The summed E-state index contributed by atoms with van der Waals surface area (Å²) in [7, 11) is 0. The molecule has 5 rings (SSSR count). The Balaban J connectivity index is 1.27. The Morgan fingerprint density at radius 2 is 1.09 bits per heavy atom. The second-order valence-corrected chi connectivity index (χ2v) is 8.31. The van der Waals surface area contributed by atoms with Crippen molar-refractivity contribution in [2.24, 2.45) is 0 Å². The Morgan fingerprint density at radius 1 is 0.688 bits per heavy atom. The van der Waals surface area contributed by atoms with Gasteiger partial charge in [-0.25, -0.2) is 18.7 Å². The molecule has 0 aliphatic carbocycles. The predicted octanol–water partition coefficient (Wildman–Crippen LogP) is 4.02. The van der Waals surface area contributed by atoms with Crippen molar-refractivity contribution in [3.63, 3.8) is 0 Å². The molecule has 2 aromatic heterocycles. The van der Waals surface area contributed by atoms with Crippen molar-refractivity contribution in [2.75, 3.05) is 26.2 Å². The van der Waals surface area contributed by atoms with Gasteiger partial charge in [0.15, 0.2) is 11.6 Å². The third-order valence-corrected chi connectivity index (χ3v) is 6.44. The van der Waals surface area contributed by atoms with Crippen LogP contribution in [0.2, 0.25) is 0 Å². The van der Waals surface area contributed by atoms with Crippen molar-refractivity contribution >= 4 is 22.1 Å². The lowest BCUT2D eigenvalue weighted by molar-refractivity contribution is 0.116. The second kappa shape index (κ2) is 8.60. The zero-order chi connectivity index (χ0) is 22.2. The van der Waals surface area contributed by atoms with Crippen LogP contribution in [0.25, 0.3) is 22.1 Å². The normalized spacial score (nSPS) is 15.9. The van der Waals surface area contributed by atoms with E-state index in [1.54, 1.807) is 12.1 Å². The van der Waals surface area contributed by atoms with E-state index < -0.39 is 0 Å². The van der Waals surface area contributed by atoms with Crippen molar-refractivity contribution in [1.29, 1.82) is 0 Å². The molecule has 6 nitrogen and oxygen atoms in total. The van der Waals surface area contributed by atoms with Crippen molar-refractivity contribution in [2.45, 2.75) is 40.0 Å². The van der Waals surface area contributed by atoms with Crippen molar-refractivity contribution in [3.05, 3.63) is 59.7 Å². The van der Waals surface area contributed by atoms with Gasteiger partial charge in [0.05, 0.1) is 24.1 Å².